The number of aliphatic imine (C=N–C) groups is 1. The molecular weight excluding hydrogens is 491 g/mol. The van der Waals surface area contributed by atoms with Gasteiger partial charge in [-0.15, -0.1) is 34.2 Å². The maximum absolute atomic E-state index is 11.5. The summed E-state index contributed by atoms with van der Waals surface area (Å²) in [7, 11) is -3.15. The number of sulfone groups is 1. The van der Waals surface area contributed by atoms with Crippen LogP contribution < -0.4 is 10.6 Å². The highest BCUT2D eigenvalue weighted by molar-refractivity contribution is 14.0. The van der Waals surface area contributed by atoms with Gasteiger partial charge in [-0.25, -0.2) is 13.4 Å². The van der Waals surface area contributed by atoms with E-state index in [9.17, 15) is 8.42 Å². The summed E-state index contributed by atoms with van der Waals surface area (Å²) in [5.41, 5.74) is 1.07. The van der Waals surface area contributed by atoms with Gasteiger partial charge in [-0.2, -0.15) is 0 Å². The Balaban J connectivity index is 0.00000280. The molecular formula is C18H27IN6O2S. The Kier molecular flexibility index (Phi) is 8.23. The van der Waals surface area contributed by atoms with Crippen molar-refractivity contribution in [1.29, 1.82) is 0 Å². The molecule has 0 amide bonds. The fourth-order valence-corrected chi connectivity index (χ4v) is 3.68. The van der Waals surface area contributed by atoms with Crippen molar-refractivity contribution < 1.29 is 8.42 Å². The molecule has 0 unspecified atom stereocenters. The van der Waals surface area contributed by atoms with Gasteiger partial charge in [-0.1, -0.05) is 12.1 Å². The Morgan fingerprint density at radius 2 is 1.96 bits per heavy atom. The predicted molar refractivity (Wildman–Crippen MR) is 120 cm³/mol. The molecule has 1 aliphatic heterocycles. The predicted octanol–water partition coefficient (Wildman–Crippen LogP) is 1.54. The summed E-state index contributed by atoms with van der Waals surface area (Å²) < 4.78 is 25.2. The first kappa shape index (κ1) is 22.6. The van der Waals surface area contributed by atoms with E-state index in [4.69, 9.17) is 0 Å². The number of nitrogens with one attached hydrogen (secondary N) is 2. The summed E-state index contributed by atoms with van der Waals surface area (Å²) in [4.78, 5) is 4.95. The zero-order chi connectivity index (χ0) is 19.3. The minimum absolute atomic E-state index is 0. The normalized spacial score (nSPS) is 13.7. The Labute approximate surface area is 183 Å². The van der Waals surface area contributed by atoms with E-state index in [2.05, 4.69) is 30.4 Å². The van der Waals surface area contributed by atoms with Crippen LogP contribution in [0.15, 0.2) is 34.2 Å². The van der Waals surface area contributed by atoms with Gasteiger partial charge in [0.2, 0.25) is 0 Å². The number of guanidine groups is 1. The lowest BCUT2D eigenvalue weighted by Crippen LogP contribution is -2.38. The van der Waals surface area contributed by atoms with Crippen LogP contribution in [0.1, 0.15) is 30.6 Å². The van der Waals surface area contributed by atoms with Crippen LogP contribution in [0.3, 0.4) is 0 Å². The first-order valence-electron chi connectivity index (χ1n) is 9.19. The summed E-state index contributed by atoms with van der Waals surface area (Å²) >= 11 is 0. The van der Waals surface area contributed by atoms with Gasteiger partial charge in [-0.3, -0.25) is 0 Å². The Morgan fingerprint density at radius 1 is 1.21 bits per heavy atom. The molecule has 0 atom stereocenters. The quantitative estimate of drug-likeness (QED) is 0.328. The van der Waals surface area contributed by atoms with E-state index in [1.54, 1.807) is 12.1 Å². The van der Waals surface area contributed by atoms with Gasteiger partial charge in [0, 0.05) is 32.3 Å². The molecule has 1 aliphatic rings. The molecule has 0 fully saturated rings. The Morgan fingerprint density at radius 3 is 2.64 bits per heavy atom. The highest BCUT2D eigenvalue weighted by Gasteiger charge is 2.16. The third-order valence-electron chi connectivity index (χ3n) is 4.47. The van der Waals surface area contributed by atoms with Gasteiger partial charge in [-0.05, 0) is 37.5 Å². The van der Waals surface area contributed by atoms with Crippen LogP contribution in [0.5, 0.6) is 0 Å². The number of aryl methyl sites for hydroxylation is 1. The number of benzene rings is 1. The molecule has 2 N–H and O–H groups in total. The average Bonchev–Trinajstić information content (AvgIpc) is 3.23. The molecule has 3 rings (SSSR count). The van der Waals surface area contributed by atoms with E-state index in [-0.39, 0.29) is 24.0 Å². The van der Waals surface area contributed by atoms with Crippen LogP contribution in [-0.2, 0) is 35.8 Å². The summed E-state index contributed by atoms with van der Waals surface area (Å²) in [6, 6.07) is 6.99. The highest BCUT2D eigenvalue weighted by Crippen LogP contribution is 2.14. The monoisotopic (exact) mass is 518 g/mol. The lowest BCUT2D eigenvalue weighted by molar-refractivity contribution is 0.602. The average molecular weight is 518 g/mol. The fraction of sp³-hybridized carbons (Fsp3) is 0.500. The lowest BCUT2D eigenvalue weighted by Gasteiger charge is -2.11. The van der Waals surface area contributed by atoms with Gasteiger partial charge < -0.3 is 15.2 Å². The molecule has 0 aliphatic carbocycles. The Bertz CT molecular complexity index is 909. The van der Waals surface area contributed by atoms with Gasteiger partial charge in [0.25, 0.3) is 0 Å². The summed E-state index contributed by atoms with van der Waals surface area (Å²) in [5.74, 6) is 2.69. The van der Waals surface area contributed by atoms with Crippen LogP contribution >= 0.6 is 24.0 Å². The number of nitrogens with zero attached hydrogens (tertiary/aromatic N) is 4. The maximum atomic E-state index is 11.5. The minimum atomic E-state index is -3.15. The lowest BCUT2D eigenvalue weighted by atomic mass is 10.1. The van der Waals surface area contributed by atoms with E-state index in [1.165, 1.54) is 6.26 Å². The van der Waals surface area contributed by atoms with Crippen LogP contribution in [0, 0.1) is 0 Å². The van der Waals surface area contributed by atoms with Gasteiger partial charge in [0.15, 0.2) is 21.6 Å². The molecule has 0 radical (unpaired) electrons. The number of aromatic nitrogens is 3. The SMILES string of the molecule is CCNC(=NCc1nnc2n1CCC2)NCCc1ccc(S(C)(=O)=O)cc1.I. The van der Waals surface area contributed by atoms with Crippen molar-refractivity contribution in [2.75, 3.05) is 19.3 Å². The topological polar surface area (TPSA) is 101 Å². The van der Waals surface area contributed by atoms with E-state index in [1.807, 2.05) is 19.1 Å². The number of hydrogen-bond acceptors (Lipinski definition) is 5. The van der Waals surface area contributed by atoms with E-state index in [0.717, 1.165) is 55.5 Å². The van der Waals surface area contributed by atoms with Crippen molar-refractivity contribution in [2.45, 2.75) is 44.2 Å². The van der Waals surface area contributed by atoms with Crippen molar-refractivity contribution in [1.82, 2.24) is 25.4 Å². The van der Waals surface area contributed by atoms with Crippen LogP contribution in [-0.4, -0.2) is 48.5 Å². The number of rotatable bonds is 7. The third kappa shape index (κ3) is 5.90. The molecule has 154 valence electrons. The molecule has 0 saturated heterocycles. The molecule has 0 saturated carbocycles. The summed E-state index contributed by atoms with van der Waals surface area (Å²) in [5, 5.41) is 15.0. The molecule has 2 heterocycles. The molecule has 1 aromatic heterocycles. The van der Waals surface area contributed by atoms with Gasteiger partial charge in [0.05, 0.1) is 4.90 Å². The summed E-state index contributed by atoms with van der Waals surface area (Å²) in [6.45, 7) is 4.96. The number of fused-ring (bicyclic) bond motifs is 1. The second kappa shape index (κ2) is 10.2. The largest absolute Gasteiger partial charge is 0.357 e. The first-order chi connectivity index (χ1) is 13.0. The molecule has 0 spiro atoms. The zero-order valence-electron chi connectivity index (χ0n) is 16.2. The van der Waals surface area contributed by atoms with Gasteiger partial charge in [0.1, 0.15) is 12.4 Å². The van der Waals surface area contributed by atoms with Crippen molar-refractivity contribution in [3.63, 3.8) is 0 Å². The molecule has 0 bridgehead atoms. The van der Waals surface area contributed by atoms with Crippen LogP contribution in [0.4, 0.5) is 0 Å². The summed E-state index contributed by atoms with van der Waals surface area (Å²) in [6.07, 6.45) is 4.10. The Hall–Kier alpha value is -1.69. The first-order valence-corrected chi connectivity index (χ1v) is 11.1. The highest BCUT2D eigenvalue weighted by atomic mass is 127. The molecule has 1 aromatic carbocycles. The van der Waals surface area contributed by atoms with Crippen LogP contribution in [0.25, 0.3) is 0 Å². The van der Waals surface area contributed by atoms with E-state index < -0.39 is 9.84 Å². The van der Waals surface area contributed by atoms with E-state index in [0.29, 0.717) is 18.0 Å². The molecule has 10 heteroatoms. The maximum Gasteiger partial charge on any atom is 0.191 e. The smallest absolute Gasteiger partial charge is 0.191 e. The van der Waals surface area contributed by atoms with Crippen molar-refractivity contribution >= 4 is 39.8 Å². The molecule has 2 aromatic rings. The minimum Gasteiger partial charge on any atom is -0.357 e. The third-order valence-corrected chi connectivity index (χ3v) is 5.60. The number of halogens is 1. The molecule has 28 heavy (non-hydrogen) atoms. The second-order valence-corrected chi connectivity index (χ2v) is 8.59. The fourth-order valence-electron chi connectivity index (χ4n) is 3.05. The van der Waals surface area contributed by atoms with Crippen molar-refractivity contribution in [2.24, 2.45) is 4.99 Å². The number of hydrogen-bond donors (Lipinski definition) is 2. The van der Waals surface area contributed by atoms with Gasteiger partial charge >= 0.3 is 0 Å². The van der Waals surface area contributed by atoms with Crippen molar-refractivity contribution in [3.05, 3.63) is 41.5 Å². The zero-order valence-corrected chi connectivity index (χ0v) is 19.3. The standard InChI is InChI=1S/C18H26N6O2S.HI/c1-3-19-18(21-13-17-23-22-16-5-4-12-24(16)17)20-11-10-14-6-8-15(9-7-14)27(2,25)26;/h6-9H,3-5,10-13H2,1-2H3,(H2,19,20,21);1H. The van der Waals surface area contributed by atoms with E-state index >= 15 is 0 Å². The van der Waals surface area contributed by atoms with Crippen LogP contribution in [0.2, 0.25) is 0 Å². The molecule has 8 nitrogen and oxygen atoms in total. The van der Waals surface area contributed by atoms with Crippen molar-refractivity contribution in [3.8, 4) is 0 Å². The second-order valence-electron chi connectivity index (χ2n) is 6.58.